The van der Waals surface area contributed by atoms with Crippen molar-refractivity contribution in [2.75, 3.05) is 13.7 Å². The highest BCUT2D eigenvalue weighted by atomic mass is 79.9. The van der Waals surface area contributed by atoms with Crippen LogP contribution in [0.15, 0.2) is 40.2 Å². The van der Waals surface area contributed by atoms with Crippen LogP contribution in [0.1, 0.15) is 44.5 Å². The van der Waals surface area contributed by atoms with Crippen molar-refractivity contribution < 1.29 is 14.3 Å². The molecule has 2 rings (SSSR count). The number of thiophene rings is 1. The maximum absolute atomic E-state index is 12.2. The summed E-state index contributed by atoms with van der Waals surface area (Å²) in [5.74, 6) is -0.778. The number of rotatable bonds is 4. The first-order valence-electron chi connectivity index (χ1n) is 8.21. The van der Waals surface area contributed by atoms with Crippen LogP contribution in [-0.4, -0.2) is 25.5 Å². The average Bonchev–Trinajstić information content (AvgIpc) is 3.16. The molecule has 0 saturated carbocycles. The van der Waals surface area contributed by atoms with Crippen LogP contribution in [0.5, 0.6) is 0 Å². The largest absolute Gasteiger partial charge is 0.468 e. The minimum atomic E-state index is -0.479. The zero-order valence-electron chi connectivity index (χ0n) is 15.4. The fourth-order valence-corrected chi connectivity index (χ4v) is 2.79. The maximum Gasteiger partial charge on any atom is 0.325 e. The Labute approximate surface area is 162 Å². The van der Waals surface area contributed by atoms with Crippen LogP contribution in [0.3, 0.4) is 0 Å². The number of benzene rings is 1. The van der Waals surface area contributed by atoms with E-state index in [4.69, 9.17) is 0 Å². The van der Waals surface area contributed by atoms with Gasteiger partial charge in [0.1, 0.15) is 6.54 Å². The van der Waals surface area contributed by atoms with E-state index in [1.807, 2.05) is 37.4 Å². The van der Waals surface area contributed by atoms with E-state index in [1.54, 1.807) is 23.5 Å². The Morgan fingerprint density at radius 2 is 1.84 bits per heavy atom. The predicted molar refractivity (Wildman–Crippen MR) is 109 cm³/mol. The molecule has 0 saturated heterocycles. The standard InChI is InChI=1S/C14H12BrNO3S.C3H8.C2H6/c1-19-13(17)8-16-14(18)10-5-4-9(15)7-11(10)12-3-2-6-20-12;1-3-2;1-2/h2-7H,8H2,1H3,(H,16,18);3H2,1-2H3;1-2H3. The highest BCUT2D eigenvalue weighted by Gasteiger charge is 2.15. The lowest BCUT2D eigenvalue weighted by atomic mass is 10.1. The van der Waals surface area contributed by atoms with Crippen LogP contribution in [-0.2, 0) is 9.53 Å². The molecule has 0 aliphatic rings. The fraction of sp³-hybridized carbons (Fsp3) is 0.368. The first-order chi connectivity index (χ1) is 12.0. The van der Waals surface area contributed by atoms with Gasteiger partial charge < -0.3 is 10.1 Å². The van der Waals surface area contributed by atoms with Gasteiger partial charge in [-0.15, -0.1) is 11.3 Å². The van der Waals surface area contributed by atoms with E-state index >= 15 is 0 Å². The van der Waals surface area contributed by atoms with Gasteiger partial charge in [0.15, 0.2) is 0 Å². The third-order valence-electron chi connectivity index (χ3n) is 2.63. The zero-order chi connectivity index (χ0) is 19.2. The molecule has 1 aromatic carbocycles. The summed E-state index contributed by atoms with van der Waals surface area (Å²) in [6.07, 6.45) is 1.25. The molecule has 1 aromatic heterocycles. The van der Waals surface area contributed by atoms with Gasteiger partial charge in [-0.1, -0.05) is 56.1 Å². The summed E-state index contributed by atoms with van der Waals surface area (Å²) in [7, 11) is 1.28. The summed E-state index contributed by atoms with van der Waals surface area (Å²) in [5, 5.41) is 4.50. The Morgan fingerprint density at radius 3 is 2.36 bits per heavy atom. The molecule has 4 nitrogen and oxygen atoms in total. The van der Waals surface area contributed by atoms with Gasteiger partial charge >= 0.3 is 5.97 Å². The van der Waals surface area contributed by atoms with Gasteiger partial charge in [0.05, 0.1) is 7.11 Å². The molecule has 1 N–H and O–H groups in total. The van der Waals surface area contributed by atoms with Gasteiger partial charge in [-0.3, -0.25) is 9.59 Å². The van der Waals surface area contributed by atoms with Crippen molar-refractivity contribution in [3.8, 4) is 10.4 Å². The summed E-state index contributed by atoms with van der Waals surface area (Å²) in [6, 6.07) is 9.29. The molecular formula is C19H26BrNO3S. The Kier molecular flexibility index (Phi) is 12.7. The molecule has 0 spiro atoms. The quantitative estimate of drug-likeness (QED) is 0.652. The molecule has 0 unspecified atom stereocenters. The molecular weight excluding hydrogens is 402 g/mol. The number of amides is 1. The Hall–Kier alpha value is -1.66. The number of hydrogen-bond acceptors (Lipinski definition) is 4. The van der Waals surface area contributed by atoms with Crippen LogP contribution >= 0.6 is 27.3 Å². The third kappa shape index (κ3) is 8.31. The number of halogens is 1. The molecule has 25 heavy (non-hydrogen) atoms. The average molecular weight is 428 g/mol. The number of hydrogen-bond donors (Lipinski definition) is 1. The van der Waals surface area contributed by atoms with Crippen molar-refractivity contribution in [2.45, 2.75) is 34.1 Å². The molecule has 0 bridgehead atoms. The number of methoxy groups -OCH3 is 1. The molecule has 0 fully saturated rings. The molecule has 0 radical (unpaired) electrons. The smallest absolute Gasteiger partial charge is 0.325 e. The molecule has 2 aromatic rings. The van der Waals surface area contributed by atoms with Crippen LogP contribution < -0.4 is 5.32 Å². The number of carbonyl (C=O) groups excluding carboxylic acids is 2. The van der Waals surface area contributed by atoms with Gasteiger partial charge in [-0.05, 0) is 29.6 Å². The van der Waals surface area contributed by atoms with Crippen LogP contribution in [0.4, 0.5) is 0 Å². The molecule has 6 heteroatoms. The second-order valence-corrected chi connectivity index (χ2v) is 6.50. The molecule has 138 valence electrons. The van der Waals surface area contributed by atoms with Gasteiger partial charge in [-0.2, -0.15) is 0 Å². The minimum absolute atomic E-state index is 0.144. The Bertz CT molecular complexity index is 642. The maximum atomic E-state index is 12.2. The number of nitrogens with one attached hydrogen (secondary N) is 1. The van der Waals surface area contributed by atoms with E-state index in [0.717, 1.165) is 14.9 Å². The first-order valence-corrected chi connectivity index (χ1v) is 9.89. The Balaban J connectivity index is 0.00000104. The molecule has 1 heterocycles. The fourth-order valence-electron chi connectivity index (χ4n) is 1.67. The highest BCUT2D eigenvalue weighted by Crippen LogP contribution is 2.30. The molecule has 1 amide bonds. The van der Waals surface area contributed by atoms with Crippen LogP contribution in [0.25, 0.3) is 10.4 Å². The molecule has 0 aliphatic carbocycles. The van der Waals surface area contributed by atoms with Gasteiger partial charge in [0.2, 0.25) is 0 Å². The van der Waals surface area contributed by atoms with Crippen LogP contribution in [0, 0.1) is 0 Å². The number of esters is 1. The number of ether oxygens (including phenoxy) is 1. The normalized spacial score (nSPS) is 9.04. The van der Waals surface area contributed by atoms with Crippen molar-refractivity contribution >= 4 is 39.1 Å². The Morgan fingerprint density at radius 1 is 1.20 bits per heavy atom. The van der Waals surface area contributed by atoms with E-state index in [9.17, 15) is 9.59 Å². The van der Waals surface area contributed by atoms with E-state index in [2.05, 4.69) is 39.8 Å². The topological polar surface area (TPSA) is 55.4 Å². The van der Waals surface area contributed by atoms with Crippen molar-refractivity contribution in [2.24, 2.45) is 0 Å². The third-order valence-corrected chi connectivity index (χ3v) is 4.03. The lowest BCUT2D eigenvalue weighted by Gasteiger charge is -2.09. The predicted octanol–water partition coefficient (Wildman–Crippen LogP) is 5.52. The monoisotopic (exact) mass is 427 g/mol. The zero-order valence-corrected chi connectivity index (χ0v) is 17.8. The summed E-state index contributed by atoms with van der Waals surface area (Å²) >= 11 is 4.96. The second-order valence-electron chi connectivity index (χ2n) is 4.63. The summed E-state index contributed by atoms with van der Waals surface area (Å²) in [5.41, 5.74) is 1.36. The lowest BCUT2D eigenvalue weighted by Crippen LogP contribution is -2.30. The minimum Gasteiger partial charge on any atom is -0.468 e. The van der Waals surface area contributed by atoms with Crippen molar-refractivity contribution in [3.05, 3.63) is 45.7 Å². The van der Waals surface area contributed by atoms with E-state index < -0.39 is 5.97 Å². The number of carbonyl (C=O) groups is 2. The van der Waals surface area contributed by atoms with Gasteiger partial charge in [-0.25, -0.2) is 0 Å². The van der Waals surface area contributed by atoms with Crippen LogP contribution in [0.2, 0.25) is 0 Å². The van der Waals surface area contributed by atoms with E-state index in [-0.39, 0.29) is 12.5 Å². The summed E-state index contributed by atoms with van der Waals surface area (Å²) in [4.78, 5) is 24.2. The van der Waals surface area contributed by atoms with Gasteiger partial charge in [0, 0.05) is 20.5 Å². The first kappa shape index (κ1) is 23.3. The molecule has 0 atom stereocenters. The summed E-state index contributed by atoms with van der Waals surface area (Å²) < 4.78 is 5.39. The molecule has 0 aliphatic heterocycles. The second kappa shape index (κ2) is 13.6. The van der Waals surface area contributed by atoms with E-state index in [1.165, 1.54) is 13.5 Å². The summed E-state index contributed by atoms with van der Waals surface area (Å²) in [6.45, 7) is 8.11. The SMILES string of the molecule is CC.CCC.COC(=O)CNC(=O)c1ccc(Br)cc1-c1cccs1. The van der Waals surface area contributed by atoms with Crippen molar-refractivity contribution in [1.82, 2.24) is 5.32 Å². The van der Waals surface area contributed by atoms with Crippen molar-refractivity contribution in [1.29, 1.82) is 0 Å². The van der Waals surface area contributed by atoms with E-state index in [0.29, 0.717) is 5.56 Å². The highest BCUT2D eigenvalue weighted by molar-refractivity contribution is 9.10. The van der Waals surface area contributed by atoms with Gasteiger partial charge in [0.25, 0.3) is 5.91 Å². The lowest BCUT2D eigenvalue weighted by molar-refractivity contribution is -0.139. The van der Waals surface area contributed by atoms with Crippen molar-refractivity contribution in [3.63, 3.8) is 0 Å².